The van der Waals surface area contributed by atoms with E-state index in [1.54, 1.807) is 41.9 Å². The lowest BCUT2D eigenvalue weighted by atomic mass is 10.1. The minimum absolute atomic E-state index is 0.102. The molecule has 0 aliphatic carbocycles. The number of hydrogen-bond donors (Lipinski definition) is 0. The van der Waals surface area contributed by atoms with Crippen LogP contribution >= 0.6 is 11.8 Å². The number of methoxy groups -OCH3 is 2. The van der Waals surface area contributed by atoms with E-state index in [1.807, 2.05) is 66.7 Å². The van der Waals surface area contributed by atoms with Crippen LogP contribution in [0.3, 0.4) is 0 Å². The van der Waals surface area contributed by atoms with Crippen LogP contribution in [0.2, 0.25) is 0 Å². The van der Waals surface area contributed by atoms with Crippen molar-refractivity contribution in [2.75, 3.05) is 25.7 Å². The molecule has 4 rings (SSSR count). The molecule has 0 saturated carbocycles. The van der Waals surface area contributed by atoms with Crippen molar-refractivity contribution in [3.8, 4) is 11.5 Å². The van der Waals surface area contributed by atoms with Crippen molar-refractivity contribution in [1.82, 2.24) is 4.90 Å². The summed E-state index contributed by atoms with van der Waals surface area (Å²) in [7, 11) is 3.21. The molecule has 1 heterocycles. The van der Waals surface area contributed by atoms with Gasteiger partial charge in [-0.25, -0.2) is 4.79 Å². The maximum absolute atomic E-state index is 13.8. The molecule has 0 saturated heterocycles. The van der Waals surface area contributed by atoms with E-state index in [4.69, 9.17) is 9.47 Å². The molecule has 0 spiro atoms. The molecule has 31 heavy (non-hydrogen) atoms. The monoisotopic (exact) mass is 432 g/mol. The van der Waals surface area contributed by atoms with Crippen LogP contribution in [-0.2, 0) is 6.54 Å². The lowest BCUT2D eigenvalue weighted by Gasteiger charge is -2.35. The molecule has 3 aromatic carbocycles. The first-order valence-electron chi connectivity index (χ1n) is 9.93. The Kier molecular flexibility index (Phi) is 6.18. The average Bonchev–Trinajstić information content (AvgIpc) is 2.81. The fourth-order valence-corrected chi connectivity index (χ4v) is 4.68. The third-order valence-electron chi connectivity index (χ3n) is 5.06. The summed E-state index contributed by atoms with van der Waals surface area (Å²) in [5, 5.41) is 0. The number of fused-ring (bicyclic) bond motifs is 2. The molecular weight excluding hydrogens is 408 g/mol. The molecule has 2 amide bonds. The van der Waals surface area contributed by atoms with Crippen LogP contribution in [0.1, 0.15) is 5.56 Å². The molecule has 1 aliphatic rings. The van der Waals surface area contributed by atoms with Gasteiger partial charge in [0.2, 0.25) is 0 Å². The number of nitrogens with zero attached hydrogens (tertiary/aromatic N) is 2. The normalized spacial score (nSPS) is 11.9. The molecule has 158 valence electrons. The molecule has 1 aliphatic heterocycles. The molecule has 0 N–H and O–H groups in total. The molecule has 0 radical (unpaired) electrons. The first-order chi connectivity index (χ1) is 15.2. The van der Waals surface area contributed by atoms with E-state index in [0.29, 0.717) is 24.6 Å². The Hall–Kier alpha value is -3.38. The summed E-state index contributed by atoms with van der Waals surface area (Å²) in [6.07, 6.45) is 1.75. The van der Waals surface area contributed by atoms with E-state index in [9.17, 15) is 4.79 Å². The number of benzene rings is 3. The minimum atomic E-state index is -0.102. The van der Waals surface area contributed by atoms with Crippen LogP contribution in [0.25, 0.3) is 0 Å². The van der Waals surface area contributed by atoms with Crippen molar-refractivity contribution in [2.24, 2.45) is 0 Å². The lowest BCUT2D eigenvalue weighted by molar-refractivity contribution is 0.210. The molecule has 0 bridgehead atoms. The Bertz CT molecular complexity index is 1070. The molecule has 5 nitrogen and oxygen atoms in total. The van der Waals surface area contributed by atoms with Crippen LogP contribution < -0.4 is 14.4 Å². The van der Waals surface area contributed by atoms with Gasteiger partial charge in [0, 0.05) is 22.9 Å². The molecule has 6 heteroatoms. The van der Waals surface area contributed by atoms with E-state index in [1.165, 1.54) is 0 Å². The van der Waals surface area contributed by atoms with Crippen molar-refractivity contribution < 1.29 is 14.3 Å². The second-order valence-electron chi connectivity index (χ2n) is 7.01. The third-order valence-corrected chi connectivity index (χ3v) is 6.20. The Morgan fingerprint density at radius 3 is 2.16 bits per heavy atom. The summed E-state index contributed by atoms with van der Waals surface area (Å²) in [6.45, 7) is 4.69. The van der Waals surface area contributed by atoms with Gasteiger partial charge >= 0.3 is 6.03 Å². The van der Waals surface area contributed by atoms with Crippen molar-refractivity contribution in [2.45, 2.75) is 16.3 Å². The number of para-hydroxylation sites is 2. The van der Waals surface area contributed by atoms with Gasteiger partial charge in [0.05, 0.1) is 25.6 Å². The topological polar surface area (TPSA) is 42.0 Å². The van der Waals surface area contributed by atoms with Gasteiger partial charge in [-0.2, -0.15) is 0 Å². The number of urea groups is 1. The van der Waals surface area contributed by atoms with E-state index in [2.05, 4.69) is 6.58 Å². The number of hydrogen-bond acceptors (Lipinski definition) is 4. The molecule has 0 unspecified atom stereocenters. The Balaban J connectivity index is 1.70. The number of carbonyl (C=O) groups excluding carboxylic acids is 1. The molecule has 0 atom stereocenters. The zero-order valence-corrected chi connectivity index (χ0v) is 18.4. The summed E-state index contributed by atoms with van der Waals surface area (Å²) in [5.74, 6) is 1.29. The number of anilines is 2. The summed E-state index contributed by atoms with van der Waals surface area (Å²) in [5.41, 5.74) is 2.72. The van der Waals surface area contributed by atoms with Gasteiger partial charge in [-0.15, -0.1) is 6.58 Å². The first kappa shape index (κ1) is 20.9. The summed E-state index contributed by atoms with van der Waals surface area (Å²) >= 11 is 1.68. The standard InChI is InChI=1S/C25H24N2O3S/c1-4-15-26(17-18-13-14-21(29-2)22(16-18)30-3)25(28)27-19-9-5-7-11-23(19)31-24-12-8-6-10-20(24)27/h4-14,16H,1,15,17H2,2-3H3. The van der Waals surface area contributed by atoms with Crippen molar-refractivity contribution in [1.29, 1.82) is 0 Å². The number of ether oxygens (including phenoxy) is 2. The van der Waals surface area contributed by atoms with E-state index in [0.717, 1.165) is 26.7 Å². The van der Waals surface area contributed by atoms with Crippen LogP contribution in [0.15, 0.2) is 89.2 Å². The highest BCUT2D eigenvalue weighted by molar-refractivity contribution is 7.99. The zero-order valence-electron chi connectivity index (χ0n) is 17.6. The van der Waals surface area contributed by atoms with E-state index in [-0.39, 0.29) is 6.03 Å². The van der Waals surface area contributed by atoms with Crippen molar-refractivity contribution in [3.05, 3.63) is 84.9 Å². The van der Waals surface area contributed by atoms with Crippen LogP contribution in [-0.4, -0.2) is 31.7 Å². The highest BCUT2D eigenvalue weighted by Crippen LogP contribution is 2.48. The van der Waals surface area contributed by atoms with Gasteiger partial charge in [-0.05, 0) is 42.0 Å². The molecule has 3 aromatic rings. The lowest BCUT2D eigenvalue weighted by Crippen LogP contribution is -2.41. The number of carbonyl (C=O) groups is 1. The smallest absolute Gasteiger partial charge is 0.329 e. The quantitative estimate of drug-likeness (QED) is 0.441. The summed E-state index contributed by atoms with van der Waals surface area (Å²) < 4.78 is 10.8. The molecule has 0 fully saturated rings. The highest BCUT2D eigenvalue weighted by atomic mass is 32.2. The van der Waals surface area contributed by atoms with Crippen LogP contribution in [0.4, 0.5) is 16.2 Å². The predicted octanol–water partition coefficient (Wildman–Crippen LogP) is 6.11. The Morgan fingerprint density at radius 2 is 1.58 bits per heavy atom. The van der Waals surface area contributed by atoms with Crippen LogP contribution in [0.5, 0.6) is 11.5 Å². The second-order valence-corrected chi connectivity index (χ2v) is 8.10. The highest BCUT2D eigenvalue weighted by Gasteiger charge is 2.30. The Labute approximate surface area is 186 Å². The van der Waals surface area contributed by atoms with Gasteiger partial charge in [-0.1, -0.05) is 48.2 Å². The van der Waals surface area contributed by atoms with Gasteiger partial charge in [0.15, 0.2) is 11.5 Å². The summed E-state index contributed by atoms with van der Waals surface area (Å²) in [6, 6.07) is 21.6. The maximum atomic E-state index is 13.8. The zero-order chi connectivity index (χ0) is 21.8. The summed E-state index contributed by atoms with van der Waals surface area (Å²) in [4.78, 5) is 19.5. The van der Waals surface area contributed by atoms with Crippen molar-refractivity contribution >= 4 is 29.2 Å². The fraction of sp³-hybridized carbons (Fsp3) is 0.160. The fourth-order valence-electron chi connectivity index (χ4n) is 3.62. The second kappa shape index (κ2) is 9.18. The van der Waals surface area contributed by atoms with E-state index >= 15 is 0 Å². The molecule has 0 aromatic heterocycles. The minimum Gasteiger partial charge on any atom is -0.493 e. The van der Waals surface area contributed by atoms with Gasteiger partial charge in [0.25, 0.3) is 0 Å². The van der Waals surface area contributed by atoms with Gasteiger partial charge in [-0.3, -0.25) is 4.90 Å². The van der Waals surface area contributed by atoms with Gasteiger partial charge < -0.3 is 14.4 Å². The van der Waals surface area contributed by atoms with Crippen molar-refractivity contribution in [3.63, 3.8) is 0 Å². The number of rotatable bonds is 6. The molecular formula is C25H24N2O3S. The largest absolute Gasteiger partial charge is 0.493 e. The van der Waals surface area contributed by atoms with Crippen LogP contribution in [0, 0.1) is 0 Å². The van der Waals surface area contributed by atoms with Gasteiger partial charge in [0.1, 0.15) is 0 Å². The SMILES string of the molecule is C=CCN(Cc1ccc(OC)c(OC)c1)C(=O)N1c2ccccc2Sc2ccccc21. The maximum Gasteiger partial charge on any atom is 0.329 e. The Morgan fingerprint density at radius 1 is 0.968 bits per heavy atom. The predicted molar refractivity (Wildman–Crippen MR) is 125 cm³/mol. The first-order valence-corrected chi connectivity index (χ1v) is 10.7. The average molecular weight is 433 g/mol. The number of amides is 2. The third kappa shape index (κ3) is 4.11. The van der Waals surface area contributed by atoms with E-state index < -0.39 is 0 Å².